The van der Waals surface area contributed by atoms with Gasteiger partial charge in [-0.3, -0.25) is 62.4 Å². The molecule has 0 aliphatic carbocycles. The summed E-state index contributed by atoms with van der Waals surface area (Å²) in [5.41, 5.74) is 0.526. The third kappa shape index (κ3) is 25.3. The molecule has 2 aromatic carbocycles. The van der Waals surface area contributed by atoms with Crippen molar-refractivity contribution in [3.05, 3.63) is 71.8 Å². The number of benzene rings is 2. The molecule has 1 aliphatic heterocycles. The van der Waals surface area contributed by atoms with Crippen LogP contribution in [0, 0.1) is 23.7 Å². The van der Waals surface area contributed by atoms with Crippen molar-refractivity contribution in [3.8, 4) is 0 Å². The fourth-order valence-electron chi connectivity index (χ4n) is 12.0. The number of nitrogens with one attached hydrogen (secondary N) is 5. The Hall–Kier alpha value is -7.84. The summed E-state index contributed by atoms with van der Waals surface area (Å²) < 4.78 is 6.15. The second-order valence-electron chi connectivity index (χ2n) is 29.8. The normalized spacial score (nSPS) is 26.7. The number of carbonyl (C=O) groups is 12. The first-order chi connectivity index (χ1) is 46.4. The molecule has 3 rings (SSSR count). The Balaban J connectivity index is 2.30. The van der Waals surface area contributed by atoms with Crippen LogP contribution >= 0.6 is 0 Å². The fourth-order valence-corrected chi connectivity index (χ4v) is 12.0. The van der Waals surface area contributed by atoms with E-state index in [-0.39, 0.29) is 69.4 Å². The van der Waals surface area contributed by atoms with Crippen molar-refractivity contribution in [2.45, 2.75) is 240 Å². The Bertz CT molecular complexity index is 3090. The molecular formula is C74H120N12O14. The Labute approximate surface area is 594 Å². The van der Waals surface area contributed by atoms with Crippen LogP contribution in [-0.4, -0.2) is 257 Å². The van der Waals surface area contributed by atoms with Gasteiger partial charge < -0.3 is 65.8 Å². The minimum absolute atomic E-state index is 0.0629. The van der Waals surface area contributed by atoms with Crippen LogP contribution in [0.15, 0.2) is 60.7 Å². The van der Waals surface area contributed by atoms with E-state index in [1.54, 1.807) is 91.1 Å². The lowest BCUT2D eigenvalue weighted by Crippen LogP contribution is -2.63. The zero-order valence-electron chi connectivity index (χ0n) is 63.8. The summed E-state index contributed by atoms with van der Waals surface area (Å²) in [4.78, 5) is 185. The maximum Gasteiger partial charge on any atom is 0.247 e. The van der Waals surface area contributed by atoms with Crippen LogP contribution in [0.3, 0.4) is 0 Å². The van der Waals surface area contributed by atoms with E-state index in [4.69, 9.17) is 4.74 Å². The first-order valence-corrected chi connectivity index (χ1v) is 35.2. The monoisotopic (exact) mass is 1400 g/mol. The van der Waals surface area contributed by atoms with Gasteiger partial charge in [-0.15, -0.1) is 0 Å². The van der Waals surface area contributed by atoms with Crippen molar-refractivity contribution in [3.63, 3.8) is 0 Å². The Morgan fingerprint density at radius 3 is 1.38 bits per heavy atom. The molecule has 1 heterocycles. The second-order valence-corrected chi connectivity index (χ2v) is 29.8. The highest BCUT2D eigenvalue weighted by Gasteiger charge is 2.44. The molecule has 100 heavy (non-hydrogen) atoms. The number of ketones is 1. The number of ether oxygens (including phenoxy) is 1. The zero-order valence-corrected chi connectivity index (χ0v) is 63.8. The van der Waals surface area contributed by atoms with Crippen molar-refractivity contribution in [2.24, 2.45) is 23.7 Å². The van der Waals surface area contributed by atoms with Crippen LogP contribution in [0.1, 0.15) is 154 Å². The van der Waals surface area contributed by atoms with Gasteiger partial charge in [-0.25, -0.2) is 0 Å². The summed E-state index contributed by atoms with van der Waals surface area (Å²) in [5, 5.41) is 25.3. The molecule has 26 heteroatoms. The van der Waals surface area contributed by atoms with Crippen LogP contribution in [0.2, 0.25) is 0 Å². The van der Waals surface area contributed by atoms with Crippen LogP contribution in [0.4, 0.5) is 0 Å². The van der Waals surface area contributed by atoms with Crippen LogP contribution in [-0.2, 0) is 75.1 Å². The van der Waals surface area contributed by atoms with Gasteiger partial charge in [0.1, 0.15) is 54.4 Å². The maximum atomic E-state index is 15.2. The average Bonchev–Trinajstić information content (AvgIpc) is 0.815. The Morgan fingerprint density at radius 2 is 0.910 bits per heavy atom. The molecule has 1 fully saturated rings. The highest BCUT2D eigenvalue weighted by Crippen LogP contribution is 2.24. The van der Waals surface area contributed by atoms with E-state index in [1.165, 1.54) is 92.5 Å². The first kappa shape index (κ1) is 86.4. The number of amides is 11. The minimum atomic E-state index is -1.70. The number of hydrogen-bond acceptors (Lipinski definition) is 15. The van der Waals surface area contributed by atoms with E-state index in [1.807, 2.05) is 66.7 Å². The molecule has 1 saturated heterocycles. The Morgan fingerprint density at radius 1 is 0.480 bits per heavy atom. The summed E-state index contributed by atoms with van der Waals surface area (Å²) in [7, 11) is 10.1. The molecule has 26 nitrogen and oxygen atoms in total. The lowest BCUT2D eigenvalue weighted by molar-refractivity contribution is -0.153. The molecule has 2 aromatic rings. The van der Waals surface area contributed by atoms with E-state index in [0.717, 1.165) is 10.5 Å². The molecule has 0 saturated carbocycles. The van der Waals surface area contributed by atoms with Gasteiger partial charge in [-0.05, 0) is 123 Å². The number of aliphatic hydroxyl groups is 1. The van der Waals surface area contributed by atoms with Crippen LogP contribution in [0.5, 0.6) is 0 Å². The lowest BCUT2D eigenvalue weighted by Gasteiger charge is -2.39. The standard InChI is InChI=1S/C74H120N12O14/c1-24-46(8)63-73(99)82(19)50(12)70(96)84(21)58(36-44(4)5)66(92)78-55(42-100-74(14,15)16)72(98)85(22)57(35-43(2)3)65(91)75-47(9)38-61(89)81(18)49(11)60(88)41-80(17)56(40-53-33-29-26-30-34-53)64(90)76-48(10)69(95)83(20)59(37-45(6)7)67(93)79-62(51(13)87)68(94)77-54(71(97)86(63)23)39-52-31-27-25-28-32-52/h25-34,43-51,54-59,62-63,87H,24,35-42H2,1-23H3,(H,75,91)(H,76,90)(H,77,94)(H,78,92)(H,79,93)/t46-,47-,48-,49-,50-,51+,54-,55-,56-,57-,58-,59-,62-,63-/m0/s1. The molecule has 560 valence electrons. The molecule has 0 spiro atoms. The van der Waals surface area contributed by atoms with E-state index >= 15 is 9.59 Å². The minimum Gasteiger partial charge on any atom is -0.391 e. The molecule has 1 aliphatic rings. The van der Waals surface area contributed by atoms with Gasteiger partial charge in [0.05, 0.1) is 36.9 Å². The van der Waals surface area contributed by atoms with Crippen molar-refractivity contribution >= 4 is 70.8 Å². The predicted molar refractivity (Wildman–Crippen MR) is 383 cm³/mol. The smallest absolute Gasteiger partial charge is 0.247 e. The third-order valence-electron chi connectivity index (χ3n) is 18.7. The SMILES string of the molecule is CC[C@H](C)[C@H]1C(=O)N(C)[C@@H](C)C(=O)N(C)[C@@H](CC(C)C)C(=O)N[C@@H](COC(C)(C)C)C(=O)N(C)[C@@H](CC(C)C)C(=O)N[C@@H](C)CC(=O)N(C)[C@@H](C)C(=O)CN(C)[C@@H](Cc2ccccc2)C(=O)N[C@@H](C)C(=O)N(C)[C@@H](CC(C)C)C(=O)N[C@@H]([C@@H](C)O)C(=O)N[C@@H](Cc2ccccc2)C(=O)N1C. The molecule has 6 N–H and O–H groups in total. The molecule has 0 radical (unpaired) electrons. The van der Waals surface area contributed by atoms with Gasteiger partial charge in [-0.1, -0.05) is 122 Å². The largest absolute Gasteiger partial charge is 0.391 e. The van der Waals surface area contributed by atoms with Crippen molar-refractivity contribution in [1.82, 2.24) is 60.9 Å². The van der Waals surface area contributed by atoms with Crippen molar-refractivity contribution in [2.75, 3.05) is 62.5 Å². The van der Waals surface area contributed by atoms with E-state index < -0.39 is 161 Å². The highest BCUT2D eigenvalue weighted by molar-refractivity contribution is 5.99. The molecule has 14 atom stereocenters. The van der Waals surface area contributed by atoms with Gasteiger partial charge >= 0.3 is 0 Å². The van der Waals surface area contributed by atoms with E-state index in [9.17, 15) is 53.1 Å². The summed E-state index contributed by atoms with van der Waals surface area (Å²) in [6, 6.07) is 2.96. The van der Waals surface area contributed by atoms with Gasteiger partial charge in [0.25, 0.3) is 0 Å². The second kappa shape index (κ2) is 39.4. The molecule has 0 aromatic heterocycles. The first-order valence-electron chi connectivity index (χ1n) is 35.2. The van der Waals surface area contributed by atoms with Crippen LogP contribution < -0.4 is 26.6 Å². The van der Waals surface area contributed by atoms with Gasteiger partial charge in [0.15, 0.2) is 5.78 Å². The molecule has 0 bridgehead atoms. The number of rotatable bonds is 15. The Kier molecular flexibility index (Phi) is 34.0. The average molecular weight is 1400 g/mol. The zero-order chi connectivity index (χ0) is 76.1. The molecular weight excluding hydrogens is 1280 g/mol. The summed E-state index contributed by atoms with van der Waals surface area (Å²) in [5.74, 6) is -9.19. The number of nitrogens with zero attached hydrogens (tertiary/aromatic N) is 7. The summed E-state index contributed by atoms with van der Waals surface area (Å²) in [6.45, 7) is 26.7. The summed E-state index contributed by atoms with van der Waals surface area (Å²) in [6.07, 6.45) is -1.15. The topological polar surface area (TPSA) is 317 Å². The van der Waals surface area contributed by atoms with Crippen LogP contribution in [0.25, 0.3) is 0 Å². The highest BCUT2D eigenvalue weighted by atomic mass is 16.5. The van der Waals surface area contributed by atoms with E-state index in [2.05, 4.69) is 26.6 Å². The van der Waals surface area contributed by atoms with E-state index in [0.29, 0.717) is 12.0 Å². The number of aliphatic hydroxyl groups excluding tert-OH is 1. The number of hydrogen-bond donors (Lipinski definition) is 6. The van der Waals surface area contributed by atoms with Gasteiger partial charge in [0.2, 0.25) is 65.0 Å². The van der Waals surface area contributed by atoms with Gasteiger partial charge in [-0.2, -0.15) is 0 Å². The van der Waals surface area contributed by atoms with Gasteiger partial charge in [0, 0.05) is 61.2 Å². The number of Topliss-reactive ketones (excluding diaryl/α,β-unsaturated/α-hetero) is 1. The number of likely N-dealkylation sites (N-methyl/N-ethyl adjacent to an activating group) is 7. The predicted octanol–water partition coefficient (Wildman–Crippen LogP) is 3.59. The molecule has 11 amide bonds. The third-order valence-corrected chi connectivity index (χ3v) is 18.7. The van der Waals surface area contributed by atoms with Crippen molar-refractivity contribution in [1.29, 1.82) is 0 Å². The summed E-state index contributed by atoms with van der Waals surface area (Å²) >= 11 is 0. The maximum absolute atomic E-state index is 15.2. The quantitative estimate of drug-likeness (QED) is 0.148. The van der Waals surface area contributed by atoms with Crippen molar-refractivity contribution < 1.29 is 67.4 Å². The molecule has 0 unspecified atom stereocenters. The number of carbonyl (C=O) groups excluding carboxylic acids is 12. The lowest BCUT2D eigenvalue weighted by atomic mass is 9.94. The fraction of sp³-hybridized carbons (Fsp3) is 0.676.